The number of hydrogen-bond acceptors (Lipinski definition) is 6. The molecule has 0 radical (unpaired) electrons. The summed E-state index contributed by atoms with van der Waals surface area (Å²) in [5.41, 5.74) is -1.32. The molecular weight excluding hydrogens is 642 g/mol. The molecule has 2 aromatic heterocycles. The minimum Gasteiger partial charge on any atom is -0.352 e. The summed E-state index contributed by atoms with van der Waals surface area (Å²) in [7, 11) is -3.46. The molecule has 44 heavy (non-hydrogen) atoms. The Morgan fingerprint density at radius 1 is 1.02 bits per heavy atom. The number of pyridine rings is 1. The molecule has 1 atom stereocenters. The third kappa shape index (κ3) is 8.78. The third-order valence-corrected chi connectivity index (χ3v) is 7.77. The molecule has 10 nitrogen and oxygen atoms in total. The molecular formula is C26H25ClF6N6O4S. The second-order valence-electron chi connectivity index (χ2n) is 9.59. The van der Waals surface area contributed by atoms with Crippen molar-refractivity contribution in [1.82, 2.24) is 20.1 Å². The minimum absolute atomic E-state index is 0.0227. The van der Waals surface area contributed by atoms with Gasteiger partial charge in [0.05, 0.1) is 21.0 Å². The molecule has 0 aliphatic heterocycles. The van der Waals surface area contributed by atoms with Gasteiger partial charge in [0.15, 0.2) is 11.5 Å². The number of unbranched alkanes of at least 4 members (excludes halogenated alkanes) is 1. The van der Waals surface area contributed by atoms with Gasteiger partial charge in [0.25, 0.3) is 11.8 Å². The summed E-state index contributed by atoms with van der Waals surface area (Å²) in [4.78, 5) is 41.4. The zero-order chi connectivity index (χ0) is 33.0. The fourth-order valence-corrected chi connectivity index (χ4v) is 5.43. The summed E-state index contributed by atoms with van der Waals surface area (Å²) in [5, 5.41) is 8.64. The number of halogens is 7. The molecule has 238 valence electrons. The molecule has 3 aromatic rings. The summed E-state index contributed by atoms with van der Waals surface area (Å²) >= 11 is 6.11. The summed E-state index contributed by atoms with van der Waals surface area (Å²) in [6.45, 7) is 3.02. The van der Waals surface area contributed by atoms with Gasteiger partial charge in [-0.3, -0.25) is 14.4 Å². The van der Waals surface area contributed by atoms with E-state index in [0.717, 1.165) is 10.9 Å². The van der Waals surface area contributed by atoms with Crippen molar-refractivity contribution in [3.05, 3.63) is 69.6 Å². The van der Waals surface area contributed by atoms with Crippen molar-refractivity contribution >= 4 is 44.7 Å². The van der Waals surface area contributed by atoms with Gasteiger partial charge in [0.2, 0.25) is 0 Å². The van der Waals surface area contributed by atoms with Gasteiger partial charge in [-0.2, -0.15) is 35.8 Å². The maximum atomic E-state index is 13.5. The number of amides is 3. The van der Waals surface area contributed by atoms with Crippen molar-refractivity contribution < 1.29 is 44.9 Å². The predicted octanol–water partition coefficient (Wildman–Crippen LogP) is 5.51. The van der Waals surface area contributed by atoms with E-state index in [1.807, 2.05) is 0 Å². The topological polar surface area (TPSA) is 135 Å². The van der Waals surface area contributed by atoms with Crippen molar-refractivity contribution in [2.24, 2.45) is 4.36 Å². The van der Waals surface area contributed by atoms with Crippen LogP contribution < -0.4 is 10.6 Å². The number of anilines is 1. The highest BCUT2D eigenvalue weighted by Crippen LogP contribution is 2.31. The molecule has 0 aliphatic rings. The van der Waals surface area contributed by atoms with Crippen LogP contribution in [0.2, 0.25) is 5.02 Å². The summed E-state index contributed by atoms with van der Waals surface area (Å²) in [6.07, 6.45) is -7.71. The molecule has 3 rings (SSSR count). The van der Waals surface area contributed by atoms with E-state index in [1.165, 1.54) is 25.3 Å². The summed E-state index contributed by atoms with van der Waals surface area (Å²) in [6, 6.07) is 6.31. The van der Waals surface area contributed by atoms with E-state index in [-0.39, 0.29) is 47.2 Å². The number of carbonyl (C=O) groups is 3. The fourth-order valence-electron chi connectivity index (χ4n) is 3.87. The molecule has 0 saturated carbocycles. The SMILES string of the molecule is Cc1cccnc1-n1nc(C(F)(F)F)cc1C(=O)Nc1c(C)cc(Cl)cc1C(=O)NCCCCS(C)(=O)=NC(=O)C(F)(F)F. The lowest BCUT2D eigenvalue weighted by atomic mass is 10.1. The van der Waals surface area contributed by atoms with E-state index >= 15 is 0 Å². The molecule has 2 N–H and O–H groups in total. The van der Waals surface area contributed by atoms with E-state index in [4.69, 9.17) is 11.6 Å². The van der Waals surface area contributed by atoms with Crippen molar-refractivity contribution in [3.8, 4) is 5.82 Å². The van der Waals surface area contributed by atoms with Crippen LogP contribution in [0.15, 0.2) is 40.9 Å². The van der Waals surface area contributed by atoms with Crippen LogP contribution in [-0.2, 0) is 20.7 Å². The normalized spacial score (nSPS) is 13.2. The number of rotatable bonds is 9. The van der Waals surface area contributed by atoms with Crippen LogP contribution >= 0.6 is 11.6 Å². The highest BCUT2D eigenvalue weighted by atomic mass is 35.5. The monoisotopic (exact) mass is 666 g/mol. The molecule has 18 heteroatoms. The molecule has 1 unspecified atom stereocenters. The van der Waals surface area contributed by atoms with Crippen LogP contribution in [0.4, 0.5) is 32.0 Å². The molecule has 3 amide bonds. The number of carbonyl (C=O) groups excluding carboxylic acids is 3. The highest BCUT2D eigenvalue weighted by Gasteiger charge is 2.39. The van der Waals surface area contributed by atoms with Crippen LogP contribution in [0.3, 0.4) is 0 Å². The quantitative estimate of drug-likeness (QED) is 0.229. The Morgan fingerprint density at radius 3 is 2.32 bits per heavy atom. The molecule has 0 fully saturated rings. The van der Waals surface area contributed by atoms with Gasteiger partial charge in [-0.25, -0.2) is 13.9 Å². The van der Waals surface area contributed by atoms with E-state index in [2.05, 4.69) is 25.1 Å². The predicted molar refractivity (Wildman–Crippen MR) is 149 cm³/mol. The first kappa shape index (κ1) is 34.5. The fraction of sp³-hybridized carbons (Fsp3) is 0.346. The lowest BCUT2D eigenvalue weighted by Crippen LogP contribution is -2.27. The first-order valence-corrected chi connectivity index (χ1v) is 15.1. The van der Waals surface area contributed by atoms with Gasteiger partial charge in [-0.15, -0.1) is 0 Å². The van der Waals surface area contributed by atoms with Crippen molar-refractivity contribution in [2.45, 2.75) is 39.0 Å². The van der Waals surface area contributed by atoms with Crippen LogP contribution in [-0.4, -0.2) is 61.4 Å². The van der Waals surface area contributed by atoms with E-state index in [1.54, 1.807) is 19.1 Å². The molecule has 0 aliphatic carbocycles. The Balaban J connectivity index is 1.80. The van der Waals surface area contributed by atoms with Crippen LogP contribution in [0, 0.1) is 13.8 Å². The lowest BCUT2D eigenvalue weighted by molar-refractivity contribution is -0.169. The van der Waals surface area contributed by atoms with E-state index in [9.17, 15) is 44.9 Å². The Hall–Kier alpha value is -3.99. The molecule has 0 bridgehead atoms. The molecule has 0 spiro atoms. The first-order valence-electron chi connectivity index (χ1n) is 12.6. The number of hydrogen-bond donors (Lipinski definition) is 2. The van der Waals surface area contributed by atoms with Gasteiger partial charge in [0.1, 0.15) is 5.69 Å². The Kier molecular flexibility index (Phi) is 10.5. The van der Waals surface area contributed by atoms with Crippen LogP contribution in [0.1, 0.15) is 50.5 Å². The van der Waals surface area contributed by atoms with Gasteiger partial charge in [0, 0.05) is 35.8 Å². The number of nitrogens with one attached hydrogen (secondary N) is 2. The summed E-state index contributed by atoms with van der Waals surface area (Å²) < 4.78 is 93.5. The average Bonchev–Trinajstić information content (AvgIpc) is 3.35. The third-order valence-electron chi connectivity index (χ3n) is 5.95. The Labute approximate surface area is 252 Å². The van der Waals surface area contributed by atoms with Crippen molar-refractivity contribution in [1.29, 1.82) is 0 Å². The van der Waals surface area contributed by atoms with Crippen LogP contribution in [0.25, 0.3) is 5.82 Å². The van der Waals surface area contributed by atoms with E-state index in [0.29, 0.717) is 17.2 Å². The molecule has 1 aromatic carbocycles. The van der Waals surface area contributed by atoms with Gasteiger partial charge in [-0.05, 0) is 56.0 Å². The van der Waals surface area contributed by atoms with Gasteiger partial charge < -0.3 is 10.6 Å². The highest BCUT2D eigenvalue weighted by molar-refractivity contribution is 7.93. The first-order chi connectivity index (χ1) is 20.3. The number of aryl methyl sites for hydroxylation is 2. The van der Waals surface area contributed by atoms with Crippen molar-refractivity contribution in [3.63, 3.8) is 0 Å². The van der Waals surface area contributed by atoms with Crippen LogP contribution in [0.5, 0.6) is 0 Å². The smallest absolute Gasteiger partial charge is 0.352 e. The second-order valence-corrected chi connectivity index (χ2v) is 12.5. The molecule has 2 heterocycles. The standard InChI is InChI=1S/C26H25ClF6N6O4S/c1-14-7-6-9-34-21(14)39-18(13-19(37-39)25(28,29)30)23(41)36-20-15(2)11-16(27)12-17(20)22(40)35-8-4-5-10-44(3,43)38-24(42)26(31,32)33/h6-7,9,11-13H,4-5,8,10H2,1-3H3,(H,35,40)(H,36,41). The second kappa shape index (κ2) is 13.3. The van der Waals surface area contributed by atoms with Gasteiger partial charge in [-0.1, -0.05) is 17.7 Å². The largest absolute Gasteiger partial charge is 0.474 e. The number of aromatic nitrogens is 3. The lowest BCUT2D eigenvalue weighted by Gasteiger charge is -2.15. The van der Waals surface area contributed by atoms with Crippen molar-refractivity contribution in [2.75, 3.05) is 23.9 Å². The Bertz CT molecular complexity index is 1710. The van der Waals surface area contributed by atoms with Gasteiger partial charge >= 0.3 is 18.3 Å². The summed E-state index contributed by atoms with van der Waals surface area (Å²) in [5.74, 6) is -4.59. The number of benzene rings is 1. The molecule has 0 saturated heterocycles. The maximum Gasteiger partial charge on any atom is 0.474 e. The minimum atomic E-state index is -5.24. The zero-order valence-electron chi connectivity index (χ0n) is 23.3. The maximum absolute atomic E-state index is 13.5. The Morgan fingerprint density at radius 2 is 1.70 bits per heavy atom. The number of nitrogens with zero attached hydrogens (tertiary/aromatic N) is 4. The van der Waals surface area contributed by atoms with E-state index < -0.39 is 51.2 Å². The average molecular weight is 667 g/mol. The zero-order valence-corrected chi connectivity index (χ0v) is 24.8. The number of alkyl halides is 6.